The summed E-state index contributed by atoms with van der Waals surface area (Å²) in [5, 5.41) is 10.3. The second-order valence-corrected chi connectivity index (χ2v) is 13.2. The van der Waals surface area contributed by atoms with Crippen LogP contribution < -0.4 is 4.74 Å². The molecule has 0 aliphatic carbocycles. The molecule has 3 aromatic rings. The predicted octanol–water partition coefficient (Wildman–Crippen LogP) is 3.72. The van der Waals surface area contributed by atoms with Gasteiger partial charge in [0, 0.05) is 47.0 Å². The summed E-state index contributed by atoms with van der Waals surface area (Å²) >= 11 is 0. The quantitative estimate of drug-likeness (QED) is 0.442. The van der Waals surface area contributed by atoms with Gasteiger partial charge in [0.05, 0.1) is 16.2 Å². The van der Waals surface area contributed by atoms with E-state index in [-0.39, 0.29) is 36.1 Å². The summed E-state index contributed by atoms with van der Waals surface area (Å²) in [5.41, 5.74) is 1.23. The Morgan fingerprint density at radius 1 is 1.08 bits per heavy atom. The minimum atomic E-state index is -3.77. The lowest BCUT2D eigenvalue weighted by Crippen LogP contribution is -2.63. The molecule has 2 heterocycles. The number of ether oxygens (including phenoxy) is 1. The highest BCUT2D eigenvalue weighted by Gasteiger charge is 2.50. The number of aromatic nitrogens is 1. The number of hydrogen-bond donors (Lipinski definition) is 1. The van der Waals surface area contributed by atoms with E-state index in [0.29, 0.717) is 12.4 Å². The first-order valence-corrected chi connectivity index (χ1v) is 14.2. The molecule has 0 unspecified atom stereocenters. The lowest BCUT2D eigenvalue weighted by molar-refractivity contribution is -0.153. The third-order valence-corrected chi connectivity index (χ3v) is 8.72. The van der Waals surface area contributed by atoms with E-state index in [2.05, 4.69) is 4.98 Å². The van der Waals surface area contributed by atoms with Gasteiger partial charge in [-0.25, -0.2) is 8.42 Å². The van der Waals surface area contributed by atoms with Crippen LogP contribution in [0.2, 0.25) is 0 Å². The van der Waals surface area contributed by atoms with Crippen molar-refractivity contribution >= 4 is 32.4 Å². The minimum absolute atomic E-state index is 0.0966. The molecule has 202 valence electrons. The fourth-order valence-corrected chi connectivity index (χ4v) is 6.82. The minimum Gasteiger partial charge on any atom is -0.489 e. The molecule has 2 aromatic carbocycles. The molecule has 1 aliphatic heterocycles. The number of nitrogens with zero attached hydrogens (tertiary/aromatic N) is 2. The van der Waals surface area contributed by atoms with Gasteiger partial charge in [-0.15, -0.1) is 0 Å². The number of rotatable bonds is 9. The SMILES string of the molecule is Cc1cc(COc2ccc(S(=O)(=O)CC3(CC(=O)CO)CN(C(=O)C(C)(C)C)C3)cc2)c2ccccc2n1. The number of pyridine rings is 1. The molecule has 1 fully saturated rings. The van der Waals surface area contributed by atoms with Crippen molar-refractivity contribution in [3.8, 4) is 5.75 Å². The number of ketones is 1. The first-order valence-electron chi connectivity index (χ1n) is 12.5. The molecule has 0 spiro atoms. The second kappa shape index (κ2) is 10.5. The molecule has 1 amide bonds. The number of sulfone groups is 1. The van der Waals surface area contributed by atoms with Gasteiger partial charge in [-0.3, -0.25) is 14.6 Å². The van der Waals surface area contributed by atoms with Crippen molar-refractivity contribution in [1.82, 2.24) is 9.88 Å². The lowest BCUT2D eigenvalue weighted by Gasteiger charge is -2.51. The van der Waals surface area contributed by atoms with Gasteiger partial charge in [0.25, 0.3) is 0 Å². The van der Waals surface area contributed by atoms with Gasteiger partial charge in [-0.05, 0) is 43.3 Å². The van der Waals surface area contributed by atoms with Crippen molar-refractivity contribution in [2.24, 2.45) is 10.8 Å². The second-order valence-electron chi connectivity index (χ2n) is 11.2. The number of amides is 1. The number of hydrogen-bond acceptors (Lipinski definition) is 7. The maximum atomic E-state index is 13.3. The van der Waals surface area contributed by atoms with Crippen LogP contribution in [0.1, 0.15) is 38.4 Å². The predicted molar refractivity (Wildman–Crippen MR) is 144 cm³/mol. The molecule has 0 atom stereocenters. The zero-order valence-corrected chi connectivity index (χ0v) is 23.0. The molecule has 1 N–H and O–H groups in total. The van der Waals surface area contributed by atoms with E-state index in [0.717, 1.165) is 22.2 Å². The van der Waals surface area contributed by atoms with E-state index in [1.165, 1.54) is 12.1 Å². The van der Waals surface area contributed by atoms with Gasteiger partial charge in [-0.2, -0.15) is 0 Å². The van der Waals surface area contributed by atoms with Crippen LogP contribution >= 0.6 is 0 Å². The van der Waals surface area contributed by atoms with Gasteiger partial charge in [0.15, 0.2) is 15.6 Å². The summed E-state index contributed by atoms with van der Waals surface area (Å²) in [7, 11) is -3.77. The maximum Gasteiger partial charge on any atom is 0.227 e. The molecule has 0 bridgehead atoms. The summed E-state index contributed by atoms with van der Waals surface area (Å²) in [6.07, 6.45) is -0.100. The highest BCUT2D eigenvalue weighted by molar-refractivity contribution is 7.91. The molecule has 0 radical (unpaired) electrons. The van der Waals surface area contributed by atoms with Crippen LogP contribution in [0.3, 0.4) is 0 Å². The van der Waals surface area contributed by atoms with Crippen molar-refractivity contribution in [2.75, 3.05) is 25.4 Å². The Labute approximate surface area is 223 Å². The Kier molecular flexibility index (Phi) is 7.63. The zero-order valence-electron chi connectivity index (χ0n) is 22.2. The number of aliphatic hydroxyl groups is 1. The van der Waals surface area contributed by atoms with Crippen LogP contribution in [0.15, 0.2) is 59.5 Å². The normalized spacial score (nSPS) is 15.2. The summed E-state index contributed by atoms with van der Waals surface area (Å²) in [6, 6.07) is 16.0. The fourth-order valence-electron chi connectivity index (χ4n) is 5.01. The van der Waals surface area contributed by atoms with Crippen molar-refractivity contribution in [3.63, 3.8) is 0 Å². The fraction of sp³-hybridized carbons (Fsp3) is 0.414. The Balaban J connectivity index is 1.47. The molecule has 38 heavy (non-hydrogen) atoms. The van der Waals surface area contributed by atoms with Crippen molar-refractivity contribution < 1.29 is 27.9 Å². The van der Waals surface area contributed by atoms with E-state index in [9.17, 15) is 23.1 Å². The largest absolute Gasteiger partial charge is 0.489 e. The number of carbonyl (C=O) groups is 2. The highest BCUT2D eigenvalue weighted by Crippen LogP contribution is 2.39. The maximum absolute atomic E-state index is 13.3. The van der Waals surface area contributed by atoms with Gasteiger partial charge in [0.2, 0.25) is 5.91 Å². The van der Waals surface area contributed by atoms with E-state index >= 15 is 0 Å². The first kappa shape index (κ1) is 27.7. The van der Waals surface area contributed by atoms with Gasteiger partial charge in [-0.1, -0.05) is 39.0 Å². The number of benzene rings is 2. The van der Waals surface area contributed by atoms with Crippen LogP contribution in [0.4, 0.5) is 0 Å². The number of Topliss-reactive ketones (excluding diaryl/α,β-unsaturated/α-hetero) is 1. The van der Waals surface area contributed by atoms with Crippen molar-refractivity contribution in [1.29, 1.82) is 0 Å². The van der Waals surface area contributed by atoms with E-state index < -0.39 is 33.1 Å². The van der Waals surface area contributed by atoms with Crippen LogP contribution in [0.5, 0.6) is 5.75 Å². The molecular weight excluding hydrogens is 504 g/mol. The molecule has 8 nitrogen and oxygen atoms in total. The van der Waals surface area contributed by atoms with Crippen LogP contribution in [-0.2, 0) is 26.0 Å². The van der Waals surface area contributed by atoms with Gasteiger partial charge < -0.3 is 14.7 Å². The lowest BCUT2D eigenvalue weighted by atomic mass is 9.76. The summed E-state index contributed by atoms with van der Waals surface area (Å²) in [4.78, 5) is 31.0. The third kappa shape index (κ3) is 6.05. The molecular formula is C29H34N2O6S. The van der Waals surface area contributed by atoms with Gasteiger partial charge in [0.1, 0.15) is 19.0 Å². The first-order chi connectivity index (χ1) is 17.8. The third-order valence-electron chi connectivity index (χ3n) is 6.73. The summed E-state index contributed by atoms with van der Waals surface area (Å²) in [5.74, 6) is -0.299. The number of carbonyl (C=O) groups excluding carboxylic acids is 2. The number of likely N-dealkylation sites (tertiary alicyclic amines) is 1. The molecule has 4 rings (SSSR count). The van der Waals surface area contributed by atoms with E-state index in [4.69, 9.17) is 4.74 Å². The molecule has 1 saturated heterocycles. The Morgan fingerprint density at radius 3 is 2.37 bits per heavy atom. The monoisotopic (exact) mass is 538 g/mol. The van der Waals surface area contributed by atoms with Crippen molar-refractivity contribution in [2.45, 2.75) is 45.6 Å². The molecule has 0 saturated carbocycles. The average Bonchev–Trinajstić information content (AvgIpc) is 2.84. The summed E-state index contributed by atoms with van der Waals surface area (Å²) < 4.78 is 32.6. The number of fused-ring (bicyclic) bond motifs is 1. The Bertz CT molecular complexity index is 1450. The van der Waals surface area contributed by atoms with Gasteiger partial charge >= 0.3 is 0 Å². The van der Waals surface area contributed by atoms with Crippen LogP contribution in [0.25, 0.3) is 10.9 Å². The topological polar surface area (TPSA) is 114 Å². The zero-order chi connectivity index (χ0) is 27.7. The van der Waals surface area contributed by atoms with Crippen molar-refractivity contribution in [3.05, 3.63) is 65.9 Å². The highest BCUT2D eigenvalue weighted by atomic mass is 32.2. The van der Waals surface area contributed by atoms with Crippen LogP contribution in [0, 0.1) is 17.8 Å². The number of aliphatic hydroxyl groups excluding tert-OH is 1. The average molecular weight is 539 g/mol. The Hall–Kier alpha value is -3.30. The molecule has 9 heteroatoms. The molecule has 1 aromatic heterocycles. The van der Waals surface area contributed by atoms with E-state index in [1.807, 2.05) is 37.3 Å². The number of aryl methyl sites for hydroxylation is 1. The Morgan fingerprint density at radius 2 is 1.74 bits per heavy atom. The standard InChI is InChI=1S/C29H34N2O6S/c1-20-13-21(25-7-5-6-8-26(25)30-20)16-37-23-9-11-24(12-10-23)38(35,36)19-29(14-22(33)15-32)17-31(18-29)27(34)28(2,3)4/h5-13,32H,14-19H2,1-4H3. The smallest absolute Gasteiger partial charge is 0.227 e. The number of para-hydroxylation sites is 1. The van der Waals surface area contributed by atoms with Crippen LogP contribution in [-0.4, -0.2) is 60.5 Å². The summed E-state index contributed by atoms with van der Waals surface area (Å²) in [6.45, 7) is 7.29. The van der Waals surface area contributed by atoms with E-state index in [1.54, 1.807) is 37.8 Å². The molecule has 1 aliphatic rings.